The topological polar surface area (TPSA) is 74.3 Å². The van der Waals surface area contributed by atoms with Gasteiger partial charge in [0.1, 0.15) is 0 Å². The SMILES string of the molecule is COc1ccc([C@@H]2c3cc(OC)c(OC)cc3CCN2S(=O)(=O)c2ccc(C)cc2)cc1OC. The summed E-state index contributed by atoms with van der Waals surface area (Å²) in [4.78, 5) is 0.257. The van der Waals surface area contributed by atoms with Crippen LogP contribution >= 0.6 is 0 Å². The Morgan fingerprint density at radius 3 is 1.97 bits per heavy atom. The molecular weight excluding hydrogens is 454 g/mol. The third kappa shape index (κ3) is 4.19. The largest absolute Gasteiger partial charge is 0.493 e. The molecule has 0 aliphatic carbocycles. The molecule has 0 amide bonds. The molecule has 0 bridgehead atoms. The molecule has 0 fully saturated rings. The fourth-order valence-electron chi connectivity index (χ4n) is 4.40. The van der Waals surface area contributed by atoms with E-state index >= 15 is 0 Å². The highest BCUT2D eigenvalue weighted by Crippen LogP contribution is 2.44. The fraction of sp³-hybridized carbons (Fsp3) is 0.308. The van der Waals surface area contributed by atoms with Gasteiger partial charge in [0.2, 0.25) is 10.0 Å². The monoisotopic (exact) mass is 483 g/mol. The Hall–Kier alpha value is -3.23. The molecule has 1 heterocycles. The van der Waals surface area contributed by atoms with Crippen LogP contribution in [0.25, 0.3) is 0 Å². The van der Waals surface area contributed by atoms with Gasteiger partial charge in [0.15, 0.2) is 23.0 Å². The van der Waals surface area contributed by atoms with E-state index in [0.717, 1.165) is 22.3 Å². The maximum atomic E-state index is 13.9. The van der Waals surface area contributed by atoms with E-state index in [1.807, 2.05) is 43.3 Å². The maximum absolute atomic E-state index is 13.9. The minimum absolute atomic E-state index is 0.257. The molecule has 1 aliphatic heterocycles. The Morgan fingerprint density at radius 1 is 0.765 bits per heavy atom. The lowest BCUT2D eigenvalue weighted by Crippen LogP contribution is -2.40. The molecule has 0 aromatic heterocycles. The molecule has 8 heteroatoms. The van der Waals surface area contributed by atoms with Gasteiger partial charge < -0.3 is 18.9 Å². The normalized spacial score (nSPS) is 16.0. The van der Waals surface area contributed by atoms with Gasteiger partial charge in [-0.05, 0) is 66.4 Å². The molecule has 0 unspecified atom stereocenters. The molecule has 1 atom stereocenters. The van der Waals surface area contributed by atoms with Crippen molar-refractivity contribution in [2.75, 3.05) is 35.0 Å². The lowest BCUT2D eigenvalue weighted by atomic mass is 9.89. The first-order valence-electron chi connectivity index (χ1n) is 10.9. The van der Waals surface area contributed by atoms with Crippen LogP contribution in [0.15, 0.2) is 59.5 Å². The van der Waals surface area contributed by atoms with Gasteiger partial charge in [-0.25, -0.2) is 8.42 Å². The molecule has 34 heavy (non-hydrogen) atoms. The summed E-state index contributed by atoms with van der Waals surface area (Å²) in [5.41, 5.74) is 3.61. The van der Waals surface area contributed by atoms with Crippen LogP contribution in [0.4, 0.5) is 0 Å². The predicted octanol–water partition coefficient (Wildman–Crippen LogP) is 4.37. The van der Waals surface area contributed by atoms with E-state index in [0.29, 0.717) is 36.0 Å². The minimum Gasteiger partial charge on any atom is -0.493 e. The molecule has 4 rings (SSSR count). The van der Waals surface area contributed by atoms with Crippen LogP contribution < -0.4 is 18.9 Å². The lowest BCUT2D eigenvalue weighted by molar-refractivity contribution is 0.328. The summed E-state index contributed by atoms with van der Waals surface area (Å²) in [5, 5.41) is 0. The van der Waals surface area contributed by atoms with Gasteiger partial charge in [0.05, 0.1) is 39.4 Å². The van der Waals surface area contributed by atoms with Gasteiger partial charge in [0, 0.05) is 6.54 Å². The quantitative estimate of drug-likeness (QED) is 0.497. The Balaban J connectivity index is 1.93. The smallest absolute Gasteiger partial charge is 0.243 e. The molecule has 3 aromatic carbocycles. The number of methoxy groups -OCH3 is 4. The highest BCUT2D eigenvalue weighted by atomic mass is 32.2. The summed E-state index contributed by atoms with van der Waals surface area (Å²) in [6, 6.07) is 15.6. The summed E-state index contributed by atoms with van der Waals surface area (Å²) >= 11 is 0. The van der Waals surface area contributed by atoms with Crippen molar-refractivity contribution < 1.29 is 27.4 Å². The molecule has 0 radical (unpaired) electrons. The maximum Gasteiger partial charge on any atom is 0.243 e. The third-order valence-electron chi connectivity index (χ3n) is 6.18. The molecule has 7 nitrogen and oxygen atoms in total. The zero-order chi connectivity index (χ0) is 24.5. The number of ether oxygens (including phenoxy) is 4. The number of aryl methyl sites for hydroxylation is 1. The summed E-state index contributed by atoms with van der Waals surface area (Å²) in [6.07, 6.45) is 0.546. The Morgan fingerprint density at radius 2 is 1.35 bits per heavy atom. The molecule has 0 saturated carbocycles. The second kappa shape index (κ2) is 9.56. The summed E-state index contributed by atoms with van der Waals surface area (Å²) in [7, 11) is 2.49. The first-order chi connectivity index (χ1) is 16.3. The van der Waals surface area contributed by atoms with Crippen molar-refractivity contribution in [1.29, 1.82) is 0 Å². The number of hydrogen-bond donors (Lipinski definition) is 0. The number of nitrogens with zero attached hydrogens (tertiary/aromatic N) is 1. The molecular formula is C26H29NO6S. The Kier molecular flexibility index (Phi) is 6.72. The zero-order valence-corrected chi connectivity index (χ0v) is 20.8. The fourth-order valence-corrected chi connectivity index (χ4v) is 5.99. The van der Waals surface area contributed by atoms with E-state index in [-0.39, 0.29) is 4.90 Å². The van der Waals surface area contributed by atoms with Gasteiger partial charge in [-0.2, -0.15) is 4.31 Å². The van der Waals surface area contributed by atoms with E-state index in [1.165, 1.54) is 0 Å². The second-order valence-corrected chi connectivity index (χ2v) is 9.99. The van der Waals surface area contributed by atoms with Gasteiger partial charge >= 0.3 is 0 Å². The summed E-state index contributed by atoms with van der Waals surface area (Å²) < 4.78 is 51.2. The lowest BCUT2D eigenvalue weighted by Gasteiger charge is -2.37. The minimum atomic E-state index is -3.80. The standard InChI is InChI=1S/C26H29NO6S/c1-17-6-9-20(10-7-17)34(28,29)27-13-12-18-14-24(32-4)25(33-5)16-21(18)26(27)19-8-11-22(30-2)23(15-19)31-3/h6-11,14-16,26H,12-13H2,1-5H3/t26-/m1/s1. The van der Waals surface area contributed by atoms with E-state index in [9.17, 15) is 8.42 Å². The van der Waals surface area contributed by atoms with E-state index in [4.69, 9.17) is 18.9 Å². The van der Waals surface area contributed by atoms with Crippen LogP contribution in [-0.4, -0.2) is 47.7 Å². The van der Waals surface area contributed by atoms with Gasteiger partial charge in [-0.15, -0.1) is 0 Å². The van der Waals surface area contributed by atoms with Crippen LogP contribution in [0.2, 0.25) is 0 Å². The van der Waals surface area contributed by atoms with Gasteiger partial charge in [0.25, 0.3) is 0 Å². The second-order valence-electron chi connectivity index (χ2n) is 8.10. The van der Waals surface area contributed by atoms with E-state index < -0.39 is 16.1 Å². The molecule has 1 aliphatic rings. The van der Waals surface area contributed by atoms with Gasteiger partial charge in [-0.3, -0.25) is 0 Å². The molecule has 0 N–H and O–H groups in total. The average Bonchev–Trinajstić information content (AvgIpc) is 2.86. The third-order valence-corrected chi connectivity index (χ3v) is 8.06. The van der Waals surface area contributed by atoms with Crippen molar-refractivity contribution >= 4 is 10.0 Å². The van der Waals surface area contributed by atoms with Crippen molar-refractivity contribution in [2.24, 2.45) is 0 Å². The van der Waals surface area contributed by atoms with Crippen LogP contribution in [0.1, 0.15) is 28.3 Å². The number of benzene rings is 3. The number of sulfonamides is 1. The number of rotatable bonds is 7. The van der Waals surface area contributed by atoms with Crippen molar-refractivity contribution in [2.45, 2.75) is 24.3 Å². The number of hydrogen-bond acceptors (Lipinski definition) is 6. The predicted molar refractivity (Wildman–Crippen MR) is 130 cm³/mol. The Labute approximate surface area is 200 Å². The Bertz CT molecular complexity index is 1290. The summed E-state index contributed by atoms with van der Waals surface area (Å²) in [6.45, 7) is 2.25. The van der Waals surface area contributed by atoms with Crippen LogP contribution in [0.5, 0.6) is 23.0 Å². The molecule has 0 spiro atoms. The highest BCUT2D eigenvalue weighted by Gasteiger charge is 2.38. The molecule has 3 aromatic rings. The summed E-state index contributed by atoms with van der Waals surface area (Å²) in [5.74, 6) is 2.26. The van der Waals surface area contributed by atoms with Crippen molar-refractivity contribution in [3.05, 3.63) is 76.9 Å². The first kappa shape index (κ1) is 23.9. The zero-order valence-electron chi connectivity index (χ0n) is 20.0. The van der Waals surface area contributed by atoms with Crippen molar-refractivity contribution in [3.63, 3.8) is 0 Å². The van der Waals surface area contributed by atoms with Crippen molar-refractivity contribution in [1.82, 2.24) is 4.31 Å². The van der Waals surface area contributed by atoms with Crippen molar-refractivity contribution in [3.8, 4) is 23.0 Å². The van der Waals surface area contributed by atoms with E-state index in [2.05, 4.69) is 0 Å². The van der Waals surface area contributed by atoms with Crippen LogP contribution in [-0.2, 0) is 16.4 Å². The average molecular weight is 484 g/mol. The van der Waals surface area contributed by atoms with Crippen LogP contribution in [0.3, 0.4) is 0 Å². The molecule has 180 valence electrons. The van der Waals surface area contributed by atoms with E-state index in [1.54, 1.807) is 50.9 Å². The van der Waals surface area contributed by atoms with Gasteiger partial charge in [-0.1, -0.05) is 23.8 Å². The first-order valence-corrected chi connectivity index (χ1v) is 12.3. The molecule has 0 saturated heterocycles. The van der Waals surface area contributed by atoms with Crippen LogP contribution in [0, 0.1) is 6.92 Å². The highest BCUT2D eigenvalue weighted by molar-refractivity contribution is 7.89. The number of fused-ring (bicyclic) bond motifs is 1.